The molecule has 1 amide bonds. The van der Waals surface area contributed by atoms with Gasteiger partial charge < -0.3 is 20.5 Å². The molecule has 3 rings (SSSR count). The van der Waals surface area contributed by atoms with Gasteiger partial charge in [0.05, 0.1) is 17.9 Å². The standard InChI is InChI=1S/C30H37F2N3O5S/c1-3-21-7-4-8-22(13-21)19-33-20-29(36)28(16-23-14-25(31)18-26(32)15-23)34-30(37)24-9-5-10-27(17-24)35-41(38,39)12-6-11-40-2/h4-5,7-10,13-15,17-18,28-29,33,35-36H,3,6,11-12,16,19-20H2,1-2H3,(H,34,37)/t28-,29+/m0/s1. The van der Waals surface area contributed by atoms with Gasteiger partial charge in [0.1, 0.15) is 11.6 Å². The van der Waals surface area contributed by atoms with Crippen molar-refractivity contribution in [1.82, 2.24) is 10.6 Å². The minimum absolute atomic E-state index is 0.0413. The highest BCUT2D eigenvalue weighted by molar-refractivity contribution is 7.92. The fraction of sp³-hybridized carbons (Fsp3) is 0.367. The number of ether oxygens (including phenoxy) is 1. The first kappa shape index (κ1) is 32.1. The van der Waals surface area contributed by atoms with Crippen LogP contribution in [-0.2, 0) is 34.1 Å². The highest BCUT2D eigenvalue weighted by Gasteiger charge is 2.23. The Morgan fingerprint density at radius 3 is 2.39 bits per heavy atom. The lowest BCUT2D eigenvalue weighted by atomic mass is 10.00. The number of carbonyl (C=O) groups is 1. The van der Waals surface area contributed by atoms with Crippen molar-refractivity contribution >= 4 is 21.6 Å². The number of carbonyl (C=O) groups excluding carboxylic acids is 1. The van der Waals surface area contributed by atoms with Crippen LogP contribution in [0.1, 0.15) is 40.4 Å². The smallest absolute Gasteiger partial charge is 0.251 e. The van der Waals surface area contributed by atoms with Crippen molar-refractivity contribution in [2.75, 3.05) is 30.7 Å². The van der Waals surface area contributed by atoms with Gasteiger partial charge >= 0.3 is 0 Å². The molecule has 222 valence electrons. The summed E-state index contributed by atoms with van der Waals surface area (Å²) in [7, 11) is -2.17. The molecule has 2 atom stereocenters. The predicted octanol–water partition coefficient (Wildman–Crippen LogP) is 3.80. The van der Waals surface area contributed by atoms with E-state index in [2.05, 4.69) is 28.3 Å². The van der Waals surface area contributed by atoms with Crippen LogP contribution in [-0.4, -0.2) is 57.6 Å². The summed E-state index contributed by atoms with van der Waals surface area (Å²) in [6.45, 7) is 2.93. The summed E-state index contributed by atoms with van der Waals surface area (Å²) < 4.78 is 59.8. The van der Waals surface area contributed by atoms with Crippen molar-refractivity contribution in [3.05, 3.63) is 101 Å². The molecular formula is C30H37F2N3O5S. The van der Waals surface area contributed by atoms with E-state index < -0.39 is 39.7 Å². The number of aliphatic hydroxyl groups is 1. The summed E-state index contributed by atoms with van der Waals surface area (Å²) in [5, 5.41) is 17.0. The lowest BCUT2D eigenvalue weighted by molar-refractivity contribution is 0.0830. The Balaban J connectivity index is 1.72. The molecule has 0 spiro atoms. The minimum Gasteiger partial charge on any atom is -0.390 e. The molecule has 0 unspecified atom stereocenters. The molecule has 0 bridgehead atoms. The van der Waals surface area contributed by atoms with E-state index in [-0.39, 0.29) is 35.5 Å². The van der Waals surface area contributed by atoms with Gasteiger partial charge in [-0.05, 0) is 66.3 Å². The van der Waals surface area contributed by atoms with Crippen molar-refractivity contribution < 1.29 is 31.8 Å². The van der Waals surface area contributed by atoms with Crippen LogP contribution in [0.25, 0.3) is 0 Å². The zero-order chi connectivity index (χ0) is 29.8. The molecule has 0 heterocycles. The van der Waals surface area contributed by atoms with Gasteiger partial charge in [0.2, 0.25) is 10.0 Å². The summed E-state index contributed by atoms with van der Waals surface area (Å²) in [6.07, 6.45) is 0.0535. The number of sulfonamides is 1. The number of aryl methyl sites for hydroxylation is 1. The Kier molecular flexibility index (Phi) is 12.2. The minimum atomic E-state index is -3.65. The van der Waals surface area contributed by atoms with E-state index in [1.165, 1.54) is 36.9 Å². The first-order chi connectivity index (χ1) is 19.6. The molecule has 0 aliphatic rings. The summed E-state index contributed by atoms with van der Waals surface area (Å²) in [5.41, 5.74) is 2.83. The van der Waals surface area contributed by atoms with Crippen LogP contribution in [0.3, 0.4) is 0 Å². The maximum Gasteiger partial charge on any atom is 0.251 e. The largest absolute Gasteiger partial charge is 0.390 e. The van der Waals surface area contributed by atoms with Gasteiger partial charge in [-0.15, -0.1) is 0 Å². The fourth-order valence-corrected chi connectivity index (χ4v) is 5.42. The summed E-state index contributed by atoms with van der Waals surface area (Å²) in [6, 6.07) is 16.1. The number of aliphatic hydroxyl groups excluding tert-OH is 1. The highest BCUT2D eigenvalue weighted by Crippen LogP contribution is 2.16. The van der Waals surface area contributed by atoms with Gasteiger partial charge in [0.25, 0.3) is 5.91 Å². The molecule has 0 fully saturated rings. The average Bonchev–Trinajstić information content (AvgIpc) is 2.92. The van der Waals surface area contributed by atoms with Crippen LogP contribution in [0.15, 0.2) is 66.7 Å². The number of hydrogen-bond acceptors (Lipinski definition) is 6. The van der Waals surface area contributed by atoms with Crippen LogP contribution < -0.4 is 15.4 Å². The predicted molar refractivity (Wildman–Crippen MR) is 155 cm³/mol. The van der Waals surface area contributed by atoms with Crippen molar-refractivity contribution in [3.8, 4) is 0 Å². The van der Waals surface area contributed by atoms with Gasteiger partial charge in [-0.1, -0.05) is 37.3 Å². The van der Waals surface area contributed by atoms with Gasteiger partial charge in [0.15, 0.2) is 0 Å². The molecule has 11 heteroatoms. The maximum atomic E-state index is 13.9. The second-order valence-corrected chi connectivity index (χ2v) is 11.6. The second-order valence-electron chi connectivity index (χ2n) is 9.78. The molecule has 0 saturated carbocycles. The van der Waals surface area contributed by atoms with Crippen LogP contribution in [0.5, 0.6) is 0 Å². The van der Waals surface area contributed by atoms with Crippen LogP contribution >= 0.6 is 0 Å². The van der Waals surface area contributed by atoms with Crippen molar-refractivity contribution in [2.45, 2.75) is 44.9 Å². The van der Waals surface area contributed by atoms with Crippen molar-refractivity contribution in [1.29, 1.82) is 0 Å². The average molecular weight is 590 g/mol. The molecule has 0 radical (unpaired) electrons. The number of nitrogens with one attached hydrogen (secondary N) is 3. The lowest BCUT2D eigenvalue weighted by Gasteiger charge is -2.25. The first-order valence-corrected chi connectivity index (χ1v) is 15.1. The van der Waals surface area contributed by atoms with Gasteiger partial charge in [-0.25, -0.2) is 17.2 Å². The molecule has 0 saturated heterocycles. The van der Waals surface area contributed by atoms with Crippen LogP contribution in [0, 0.1) is 11.6 Å². The number of halogens is 2. The number of hydrogen-bond donors (Lipinski definition) is 4. The van der Waals surface area contributed by atoms with E-state index in [1.54, 1.807) is 0 Å². The third-order valence-corrected chi connectivity index (χ3v) is 7.77. The zero-order valence-electron chi connectivity index (χ0n) is 23.2. The van der Waals surface area contributed by atoms with Crippen LogP contribution in [0.4, 0.5) is 14.5 Å². The Morgan fingerprint density at radius 1 is 0.976 bits per heavy atom. The Labute approximate surface area is 240 Å². The SMILES string of the molecule is CCc1cccc(CNC[C@@H](O)[C@H](Cc2cc(F)cc(F)c2)NC(=O)c2cccc(NS(=O)(=O)CCCOC)c2)c1. The molecular weight excluding hydrogens is 552 g/mol. The lowest BCUT2D eigenvalue weighted by Crippen LogP contribution is -2.48. The number of benzene rings is 3. The van der Waals surface area contributed by atoms with Gasteiger partial charge in [0, 0.05) is 44.1 Å². The van der Waals surface area contributed by atoms with E-state index in [0.29, 0.717) is 19.6 Å². The van der Waals surface area contributed by atoms with Crippen molar-refractivity contribution in [3.63, 3.8) is 0 Å². The molecule has 3 aromatic rings. The molecule has 0 aromatic heterocycles. The molecule has 0 aliphatic carbocycles. The topological polar surface area (TPSA) is 117 Å². The Morgan fingerprint density at radius 2 is 1.68 bits per heavy atom. The summed E-state index contributed by atoms with van der Waals surface area (Å²) >= 11 is 0. The highest BCUT2D eigenvalue weighted by atomic mass is 32.2. The number of methoxy groups -OCH3 is 1. The molecule has 0 aliphatic heterocycles. The Hall–Kier alpha value is -3.38. The van der Waals surface area contributed by atoms with E-state index in [1.807, 2.05) is 18.2 Å². The molecule has 3 aromatic carbocycles. The fourth-order valence-electron chi connectivity index (χ4n) is 4.33. The Bertz CT molecular complexity index is 1380. The van der Waals surface area contributed by atoms with Gasteiger partial charge in [-0.2, -0.15) is 0 Å². The van der Waals surface area contributed by atoms with E-state index in [0.717, 1.165) is 30.2 Å². The second kappa shape index (κ2) is 15.6. The monoisotopic (exact) mass is 589 g/mol. The zero-order valence-corrected chi connectivity index (χ0v) is 24.0. The molecule has 41 heavy (non-hydrogen) atoms. The number of amides is 1. The van der Waals surface area contributed by atoms with E-state index in [4.69, 9.17) is 4.74 Å². The molecule has 4 N–H and O–H groups in total. The summed E-state index contributed by atoms with van der Waals surface area (Å²) in [5.74, 6) is -2.26. The van der Waals surface area contributed by atoms with Crippen LogP contribution in [0.2, 0.25) is 0 Å². The van der Waals surface area contributed by atoms with Crippen molar-refractivity contribution in [2.24, 2.45) is 0 Å². The quantitative estimate of drug-likeness (QED) is 0.189. The third kappa shape index (κ3) is 10.8. The van der Waals surface area contributed by atoms with E-state index in [9.17, 15) is 27.1 Å². The number of rotatable bonds is 16. The van der Waals surface area contributed by atoms with Gasteiger partial charge in [-0.3, -0.25) is 9.52 Å². The van der Waals surface area contributed by atoms with E-state index >= 15 is 0 Å². The maximum absolute atomic E-state index is 13.9. The first-order valence-electron chi connectivity index (χ1n) is 13.4. The summed E-state index contributed by atoms with van der Waals surface area (Å²) in [4.78, 5) is 13.2. The molecule has 8 nitrogen and oxygen atoms in total. The third-order valence-electron chi connectivity index (χ3n) is 6.40. The number of anilines is 1. The normalized spacial score (nSPS) is 13.0.